The molecule has 2 rings (SSSR count). The lowest BCUT2D eigenvalue weighted by Gasteiger charge is -2.11. The Morgan fingerprint density at radius 2 is 1.56 bits per heavy atom. The first-order chi connectivity index (χ1) is 11.9. The van der Waals surface area contributed by atoms with Crippen LogP contribution in [0.2, 0.25) is 0 Å². The number of carbonyl (C=O) groups excluding carboxylic acids is 2. The smallest absolute Gasteiger partial charge is 0.264 e. The quantitative estimate of drug-likeness (QED) is 0.645. The van der Waals surface area contributed by atoms with Gasteiger partial charge in [0.1, 0.15) is 5.75 Å². The summed E-state index contributed by atoms with van der Waals surface area (Å²) in [6.45, 7) is 1.29. The third-order valence-corrected chi connectivity index (χ3v) is 3.63. The van der Waals surface area contributed by atoms with Gasteiger partial charge in [0.2, 0.25) is 5.91 Å². The number of hydrogen-bond donors (Lipinski definition) is 3. The van der Waals surface area contributed by atoms with Crippen LogP contribution in [-0.4, -0.2) is 23.5 Å². The number of nitrogens with one attached hydrogen (secondary N) is 3. The molecule has 2 amide bonds. The van der Waals surface area contributed by atoms with E-state index < -0.39 is 0 Å². The van der Waals surface area contributed by atoms with E-state index in [0.29, 0.717) is 17.1 Å². The average molecular weight is 422 g/mol. The van der Waals surface area contributed by atoms with Gasteiger partial charge in [0.05, 0.1) is 0 Å². The molecule has 0 aliphatic heterocycles. The molecule has 0 bridgehead atoms. The van der Waals surface area contributed by atoms with E-state index in [2.05, 4.69) is 31.9 Å². The second-order valence-corrected chi connectivity index (χ2v) is 6.33. The van der Waals surface area contributed by atoms with E-state index in [1.54, 1.807) is 36.4 Å². The molecule has 0 radical (unpaired) electrons. The fourth-order valence-electron chi connectivity index (χ4n) is 1.84. The molecular formula is C17H16BrN3O3S. The van der Waals surface area contributed by atoms with Crippen LogP contribution in [-0.2, 0) is 9.59 Å². The van der Waals surface area contributed by atoms with E-state index in [1.807, 2.05) is 12.1 Å². The summed E-state index contributed by atoms with van der Waals surface area (Å²) in [5, 5.41) is 8.25. The van der Waals surface area contributed by atoms with Crippen molar-refractivity contribution in [3.05, 3.63) is 53.0 Å². The summed E-state index contributed by atoms with van der Waals surface area (Å²) in [7, 11) is 0. The largest absolute Gasteiger partial charge is 0.484 e. The summed E-state index contributed by atoms with van der Waals surface area (Å²) in [5.74, 6) is 0.0790. The van der Waals surface area contributed by atoms with Crippen LogP contribution in [0.5, 0.6) is 5.75 Å². The van der Waals surface area contributed by atoms with Crippen molar-refractivity contribution in [1.82, 2.24) is 5.32 Å². The molecule has 0 spiro atoms. The molecule has 0 aliphatic carbocycles. The first-order valence-corrected chi connectivity index (χ1v) is 8.49. The van der Waals surface area contributed by atoms with Gasteiger partial charge in [0.15, 0.2) is 11.7 Å². The summed E-state index contributed by atoms with van der Waals surface area (Å²) in [4.78, 5) is 22.8. The average Bonchev–Trinajstić information content (AvgIpc) is 2.55. The van der Waals surface area contributed by atoms with E-state index in [9.17, 15) is 9.59 Å². The van der Waals surface area contributed by atoms with Crippen LogP contribution in [0.25, 0.3) is 0 Å². The molecule has 130 valence electrons. The van der Waals surface area contributed by atoms with Crippen LogP contribution in [0.15, 0.2) is 53.0 Å². The van der Waals surface area contributed by atoms with Gasteiger partial charge in [-0.15, -0.1) is 0 Å². The van der Waals surface area contributed by atoms with Crippen molar-refractivity contribution in [3.8, 4) is 5.75 Å². The lowest BCUT2D eigenvalue weighted by atomic mass is 10.3. The highest BCUT2D eigenvalue weighted by Crippen LogP contribution is 2.16. The van der Waals surface area contributed by atoms with E-state index in [-0.39, 0.29) is 23.5 Å². The molecule has 25 heavy (non-hydrogen) atoms. The van der Waals surface area contributed by atoms with Crippen molar-refractivity contribution in [2.75, 3.05) is 17.2 Å². The minimum atomic E-state index is -0.365. The standard InChI is InChI=1S/C17H16BrN3O3S/c1-11(22)19-13-4-6-14(7-5-13)20-17(25)21-16(23)10-24-15-8-2-12(18)3-9-15/h2-9H,10H2,1H3,(H,19,22)(H2,20,21,23,25). The predicted octanol–water partition coefficient (Wildman–Crippen LogP) is 3.30. The zero-order valence-corrected chi connectivity index (χ0v) is 15.7. The number of rotatable bonds is 5. The second-order valence-electron chi connectivity index (χ2n) is 5.00. The second kappa shape index (κ2) is 9.14. The van der Waals surface area contributed by atoms with Crippen LogP contribution in [0, 0.1) is 0 Å². The molecule has 3 N–H and O–H groups in total. The predicted molar refractivity (Wildman–Crippen MR) is 105 cm³/mol. The fraction of sp³-hybridized carbons (Fsp3) is 0.118. The van der Waals surface area contributed by atoms with Gasteiger partial charge in [-0.05, 0) is 60.7 Å². The maximum atomic E-state index is 11.8. The van der Waals surface area contributed by atoms with Gasteiger partial charge >= 0.3 is 0 Å². The van der Waals surface area contributed by atoms with Crippen molar-refractivity contribution in [2.45, 2.75) is 6.92 Å². The summed E-state index contributed by atoms with van der Waals surface area (Å²) >= 11 is 8.41. The van der Waals surface area contributed by atoms with Gasteiger partial charge in [-0.25, -0.2) is 0 Å². The molecule has 2 aromatic carbocycles. The third kappa shape index (κ3) is 6.90. The Balaban J connectivity index is 1.78. The minimum Gasteiger partial charge on any atom is -0.484 e. The molecule has 0 aromatic heterocycles. The zero-order chi connectivity index (χ0) is 18.2. The van der Waals surface area contributed by atoms with Gasteiger partial charge < -0.3 is 15.4 Å². The molecule has 0 heterocycles. The van der Waals surface area contributed by atoms with Crippen molar-refractivity contribution in [2.24, 2.45) is 0 Å². The van der Waals surface area contributed by atoms with Gasteiger partial charge in [-0.1, -0.05) is 15.9 Å². The third-order valence-electron chi connectivity index (χ3n) is 2.90. The number of hydrogen-bond acceptors (Lipinski definition) is 4. The highest BCUT2D eigenvalue weighted by Gasteiger charge is 2.06. The summed E-state index contributed by atoms with van der Waals surface area (Å²) in [5.41, 5.74) is 1.36. The number of amides is 2. The normalized spacial score (nSPS) is 9.84. The Bertz CT molecular complexity index is 764. The molecule has 0 saturated heterocycles. The summed E-state index contributed by atoms with van der Waals surface area (Å²) < 4.78 is 6.30. The molecule has 8 heteroatoms. The highest BCUT2D eigenvalue weighted by molar-refractivity contribution is 9.10. The molecule has 0 unspecified atom stereocenters. The topological polar surface area (TPSA) is 79.5 Å². The minimum absolute atomic E-state index is 0.144. The van der Waals surface area contributed by atoms with Crippen molar-refractivity contribution in [3.63, 3.8) is 0 Å². The van der Waals surface area contributed by atoms with Crippen LogP contribution < -0.4 is 20.7 Å². The molecule has 6 nitrogen and oxygen atoms in total. The van der Waals surface area contributed by atoms with Gasteiger partial charge in [0.25, 0.3) is 5.91 Å². The number of ether oxygens (including phenoxy) is 1. The number of thiocarbonyl (C=S) groups is 1. The lowest BCUT2D eigenvalue weighted by Crippen LogP contribution is -2.37. The number of halogens is 1. The summed E-state index contributed by atoms with van der Waals surface area (Å²) in [6, 6.07) is 14.1. The summed E-state index contributed by atoms with van der Waals surface area (Å²) in [6.07, 6.45) is 0. The van der Waals surface area contributed by atoms with E-state index >= 15 is 0 Å². The first-order valence-electron chi connectivity index (χ1n) is 7.29. The Morgan fingerprint density at radius 1 is 1.00 bits per heavy atom. The van der Waals surface area contributed by atoms with Crippen LogP contribution in [0.4, 0.5) is 11.4 Å². The van der Waals surface area contributed by atoms with Gasteiger partial charge in [-0.3, -0.25) is 14.9 Å². The number of carbonyl (C=O) groups is 2. The fourth-order valence-corrected chi connectivity index (χ4v) is 2.34. The van der Waals surface area contributed by atoms with Crippen molar-refractivity contribution >= 4 is 56.4 Å². The van der Waals surface area contributed by atoms with E-state index in [4.69, 9.17) is 17.0 Å². The molecule has 2 aromatic rings. The number of anilines is 2. The first kappa shape index (κ1) is 18.9. The number of benzene rings is 2. The zero-order valence-electron chi connectivity index (χ0n) is 13.3. The van der Waals surface area contributed by atoms with E-state index in [0.717, 1.165) is 4.47 Å². The molecule has 0 atom stereocenters. The van der Waals surface area contributed by atoms with Crippen molar-refractivity contribution < 1.29 is 14.3 Å². The molecule has 0 aliphatic rings. The lowest BCUT2D eigenvalue weighted by molar-refractivity contribution is -0.121. The maximum absolute atomic E-state index is 11.8. The molecular weight excluding hydrogens is 406 g/mol. The Hall–Kier alpha value is -2.45. The van der Waals surface area contributed by atoms with Crippen LogP contribution in [0.1, 0.15) is 6.92 Å². The van der Waals surface area contributed by atoms with Crippen LogP contribution in [0.3, 0.4) is 0 Å². The monoisotopic (exact) mass is 421 g/mol. The van der Waals surface area contributed by atoms with E-state index in [1.165, 1.54) is 6.92 Å². The van der Waals surface area contributed by atoms with Crippen LogP contribution >= 0.6 is 28.1 Å². The van der Waals surface area contributed by atoms with Crippen molar-refractivity contribution in [1.29, 1.82) is 0 Å². The van der Waals surface area contributed by atoms with Gasteiger partial charge in [0, 0.05) is 22.8 Å². The Morgan fingerprint density at radius 3 is 2.12 bits per heavy atom. The SMILES string of the molecule is CC(=O)Nc1ccc(NC(=S)NC(=O)COc2ccc(Br)cc2)cc1. The maximum Gasteiger partial charge on any atom is 0.264 e. The Labute approximate surface area is 159 Å². The highest BCUT2D eigenvalue weighted by atomic mass is 79.9. The molecule has 0 fully saturated rings. The molecule has 0 saturated carbocycles. The van der Waals surface area contributed by atoms with Gasteiger partial charge in [-0.2, -0.15) is 0 Å². The Kier molecular flexibility index (Phi) is 6.91.